The SMILES string of the molecule is C/C(=C\C(C)NCCCCl)CO. The Balaban J connectivity index is 3.51. The second kappa shape index (κ2) is 7.59. The Bertz CT molecular complexity index is 136. The standard InChI is InChI=1S/C9H18ClNO/c1-8(7-12)6-9(2)11-5-3-4-10/h6,9,11-12H,3-5,7H2,1-2H3/b8-6+. The second-order valence-electron chi connectivity index (χ2n) is 2.96. The van der Waals surface area contributed by atoms with Gasteiger partial charge in [0.15, 0.2) is 0 Å². The number of aliphatic hydroxyl groups is 1. The average Bonchev–Trinajstić information content (AvgIpc) is 2.05. The molecule has 1 atom stereocenters. The number of hydrogen-bond acceptors (Lipinski definition) is 2. The van der Waals surface area contributed by atoms with E-state index in [4.69, 9.17) is 16.7 Å². The minimum atomic E-state index is 0.140. The van der Waals surface area contributed by atoms with Gasteiger partial charge in [0, 0.05) is 11.9 Å². The molecule has 0 rings (SSSR count). The van der Waals surface area contributed by atoms with E-state index in [2.05, 4.69) is 12.2 Å². The number of nitrogens with one attached hydrogen (secondary N) is 1. The maximum absolute atomic E-state index is 8.74. The first kappa shape index (κ1) is 11.9. The van der Waals surface area contributed by atoms with Gasteiger partial charge in [-0.05, 0) is 26.8 Å². The summed E-state index contributed by atoms with van der Waals surface area (Å²) in [6.07, 6.45) is 3.01. The van der Waals surface area contributed by atoms with Gasteiger partial charge in [0.2, 0.25) is 0 Å². The molecule has 0 bridgehead atoms. The molecule has 0 aromatic heterocycles. The maximum Gasteiger partial charge on any atom is 0.0639 e. The van der Waals surface area contributed by atoms with Crippen LogP contribution in [0.2, 0.25) is 0 Å². The van der Waals surface area contributed by atoms with E-state index in [9.17, 15) is 0 Å². The van der Waals surface area contributed by atoms with E-state index in [1.165, 1.54) is 0 Å². The van der Waals surface area contributed by atoms with Crippen molar-refractivity contribution in [1.82, 2.24) is 5.32 Å². The number of halogens is 1. The average molecular weight is 192 g/mol. The normalized spacial score (nSPS) is 14.8. The Hall–Kier alpha value is -0.0500. The van der Waals surface area contributed by atoms with Crippen molar-refractivity contribution in [3.63, 3.8) is 0 Å². The third-order valence-corrected chi connectivity index (χ3v) is 1.83. The molecule has 0 aliphatic carbocycles. The lowest BCUT2D eigenvalue weighted by Crippen LogP contribution is -2.25. The van der Waals surface area contributed by atoms with Crippen molar-refractivity contribution in [3.8, 4) is 0 Å². The van der Waals surface area contributed by atoms with Crippen LogP contribution in [0.5, 0.6) is 0 Å². The Morgan fingerprint density at radius 1 is 1.67 bits per heavy atom. The van der Waals surface area contributed by atoms with Gasteiger partial charge < -0.3 is 10.4 Å². The van der Waals surface area contributed by atoms with E-state index in [0.717, 1.165) is 18.5 Å². The van der Waals surface area contributed by atoms with Crippen molar-refractivity contribution in [1.29, 1.82) is 0 Å². The summed E-state index contributed by atoms with van der Waals surface area (Å²) in [4.78, 5) is 0. The highest BCUT2D eigenvalue weighted by Gasteiger charge is 1.96. The zero-order valence-corrected chi connectivity index (χ0v) is 8.56. The Kier molecular flexibility index (Phi) is 7.56. The van der Waals surface area contributed by atoms with Crippen LogP contribution in [-0.2, 0) is 0 Å². The van der Waals surface area contributed by atoms with Gasteiger partial charge in [0.05, 0.1) is 6.61 Å². The van der Waals surface area contributed by atoms with Gasteiger partial charge in [0.1, 0.15) is 0 Å². The van der Waals surface area contributed by atoms with Crippen molar-refractivity contribution in [3.05, 3.63) is 11.6 Å². The smallest absolute Gasteiger partial charge is 0.0639 e. The summed E-state index contributed by atoms with van der Waals surface area (Å²) in [5, 5.41) is 12.0. The minimum absolute atomic E-state index is 0.140. The van der Waals surface area contributed by atoms with E-state index < -0.39 is 0 Å². The predicted molar refractivity (Wildman–Crippen MR) is 53.6 cm³/mol. The second-order valence-corrected chi connectivity index (χ2v) is 3.33. The Morgan fingerprint density at radius 3 is 2.83 bits per heavy atom. The van der Waals surface area contributed by atoms with E-state index in [1.54, 1.807) is 0 Å². The van der Waals surface area contributed by atoms with Gasteiger partial charge in [-0.15, -0.1) is 11.6 Å². The van der Waals surface area contributed by atoms with Crippen LogP contribution in [0.25, 0.3) is 0 Å². The summed E-state index contributed by atoms with van der Waals surface area (Å²) in [6.45, 7) is 5.05. The summed E-state index contributed by atoms with van der Waals surface area (Å²) < 4.78 is 0. The molecule has 2 nitrogen and oxygen atoms in total. The van der Waals surface area contributed by atoms with E-state index >= 15 is 0 Å². The molecule has 0 amide bonds. The first-order valence-corrected chi connectivity index (χ1v) is 4.81. The molecule has 0 fully saturated rings. The highest BCUT2D eigenvalue weighted by Crippen LogP contribution is 1.94. The summed E-state index contributed by atoms with van der Waals surface area (Å²) in [7, 11) is 0. The monoisotopic (exact) mass is 191 g/mol. The topological polar surface area (TPSA) is 32.3 Å². The molecule has 0 saturated heterocycles. The molecule has 0 aliphatic heterocycles. The molecule has 3 heteroatoms. The fourth-order valence-corrected chi connectivity index (χ4v) is 1.07. The van der Waals surface area contributed by atoms with Crippen molar-refractivity contribution in [2.24, 2.45) is 0 Å². The number of rotatable bonds is 6. The van der Waals surface area contributed by atoms with Crippen LogP contribution < -0.4 is 5.32 Å². The molecule has 1 unspecified atom stereocenters. The molecule has 0 aromatic carbocycles. The Labute approximate surface area is 79.6 Å². The van der Waals surface area contributed by atoms with E-state index in [0.29, 0.717) is 11.9 Å². The molecular weight excluding hydrogens is 174 g/mol. The van der Waals surface area contributed by atoms with Gasteiger partial charge in [-0.2, -0.15) is 0 Å². The fraction of sp³-hybridized carbons (Fsp3) is 0.778. The highest BCUT2D eigenvalue weighted by molar-refractivity contribution is 6.17. The molecule has 0 aromatic rings. The van der Waals surface area contributed by atoms with Crippen molar-refractivity contribution < 1.29 is 5.11 Å². The molecule has 0 radical (unpaired) electrons. The summed E-state index contributed by atoms with van der Waals surface area (Å²) in [6, 6.07) is 0.320. The number of aliphatic hydroxyl groups excluding tert-OH is 1. The van der Waals surface area contributed by atoms with Crippen LogP contribution in [-0.4, -0.2) is 30.2 Å². The molecule has 0 saturated carbocycles. The molecule has 12 heavy (non-hydrogen) atoms. The van der Waals surface area contributed by atoms with Crippen LogP contribution in [0.1, 0.15) is 20.3 Å². The van der Waals surface area contributed by atoms with Crippen LogP contribution in [0.3, 0.4) is 0 Å². The van der Waals surface area contributed by atoms with Gasteiger partial charge in [-0.25, -0.2) is 0 Å². The molecular formula is C9H18ClNO. The zero-order chi connectivity index (χ0) is 9.40. The molecule has 2 N–H and O–H groups in total. The Morgan fingerprint density at radius 2 is 2.33 bits per heavy atom. The first-order valence-electron chi connectivity index (χ1n) is 4.28. The number of hydrogen-bond donors (Lipinski definition) is 2. The van der Waals surface area contributed by atoms with Crippen molar-refractivity contribution in [2.75, 3.05) is 19.0 Å². The minimum Gasteiger partial charge on any atom is -0.392 e. The van der Waals surface area contributed by atoms with Crippen LogP contribution in [0.4, 0.5) is 0 Å². The van der Waals surface area contributed by atoms with Gasteiger partial charge in [0.25, 0.3) is 0 Å². The molecule has 0 heterocycles. The lowest BCUT2D eigenvalue weighted by Gasteiger charge is -2.09. The molecule has 72 valence electrons. The summed E-state index contributed by atoms with van der Waals surface area (Å²) in [5.74, 6) is 0.697. The third kappa shape index (κ3) is 6.65. The molecule has 0 aliphatic rings. The van der Waals surface area contributed by atoms with E-state index in [1.807, 2.05) is 13.0 Å². The van der Waals surface area contributed by atoms with Crippen LogP contribution in [0, 0.1) is 0 Å². The first-order chi connectivity index (χ1) is 5.70. The zero-order valence-electron chi connectivity index (χ0n) is 7.81. The van der Waals surface area contributed by atoms with Crippen LogP contribution in [0.15, 0.2) is 11.6 Å². The largest absolute Gasteiger partial charge is 0.392 e. The summed E-state index contributed by atoms with van der Waals surface area (Å²) in [5.41, 5.74) is 1.00. The lowest BCUT2D eigenvalue weighted by molar-refractivity contribution is 0.330. The fourth-order valence-electron chi connectivity index (χ4n) is 0.935. The quantitative estimate of drug-likeness (QED) is 0.379. The van der Waals surface area contributed by atoms with Gasteiger partial charge >= 0.3 is 0 Å². The van der Waals surface area contributed by atoms with E-state index in [-0.39, 0.29) is 6.61 Å². The molecule has 0 spiro atoms. The predicted octanol–water partition coefficient (Wildman–Crippen LogP) is 1.53. The van der Waals surface area contributed by atoms with Crippen LogP contribution >= 0.6 is 11.6 Å². The summed E-state index contributed by atoms with van der Waals surface area (Å²) >= 11 is 5.52. The third-order valence-electron chi connectivity index (χ3n) is 1.56. The van der Waals surface area contributed by atoms with Crippen molar-refractivity contribution >= 4 is 11.6 Å². The van der Waals surface area contributed by atoms with Gasteiger partial charge in [-0.1, -0.05) is 11.6 Å². The number of alkyl halides is 1. The van der Waals surface area contributed by atoms with Crippen molar-refractivity contribution in [2.45, 2.75) is 26.3 Å². The van der Waals surface area contributed by atoms with Gasteiger partial charge in [-0.3, -0.25) is 0 Å². The maximum atomic E-state index is 8.74. The lowest BCUT2D eigenvalue weighted by atomic mass is 10.2. The highest BCUT2D eigenvalue weighted by atomic mass is 35.5.